The molecule has 0 heterocycles. The van der Waals surface area contributed by atoms with Gasteiger partial charge in [0.05, 0.1) is 12.4 Å². The summed E-state index contributed by atoms with van der Waals surface area (Å²) < 4.78 is 5.96. The van der Waals surface area contributed by atoms with E-state index < -0.39 is 0 Å². The van der Waals surface area contributed by atoms with Crippen LogP contribution in [0.25, 0.3) is 0 Å². The standard InChI is InChI=1S/C15H28O2S2/c1-5-6-7-8-9-10-11-17-14(18)19-12-13(16)15(2,3)4/h5-12H2,1-4H3. The Kier molecular flexibility index (Phi) is 10.6. The predicted octanol–water partition coefficient (Wildman–Crippen LogP) is 5.00. The van der Waals surface area contributed by atoms with E-state index >= 15 is 0 Å². The third-order valence-electron chi connectivity index (χ3n) is 2.88. The third kappa shape index (κ3) is 11.4. The second-order valence-electron chi connectivity index (χ2n) is 5.83. The van der Waals surface area contributed by atoms with Gasteiger partial charge in [-0.3, -0.25) is 4.79 Å². The van der Waals surface area contributed by atoms with Gasteiger partial charge >= 0.3 is 0 Å². The Hall–Kier alpha value is -0.0900. The van der Waals surface area contributed by atoms with E-state index in [9.17, 15) is 4.79 Å². The van der Waals surface area contributed by atoms with E-state index in [1.54, 1.807) is 0 Å². The Labute approximate surface area is 128 Å². The molecule has 0 aromatic rings. The zero-order chi connectivity index (χ0) is 14.7. The number of thioether (sulfide) groups is 1. The van der Waals surface area contributed by atoms with E-state index in [0.717, 1.165) is 6.42 Å². The first-order chi connectivity index (χ1) is 8.88. The molecule has 19 heavy (non-hydrogen) atoms. The van der Waals surface area contributed by atoms with Crippen LogP contribution in [0.4, 0.5) is 0 Å². The second-order valence-corrected chi connectivity index (χ2v) is 7.41. The van der Waals surface area contributed by atoms with E-state index in [4.69, 9.17) is 17.0 Å². The predicted molar refractivity (Wildman–Crippen MR) is 88.8 cm³/mol. The van der Waals surface area contributed by atoms with Gasteiger partial charge in [-0.2, -0.15) is 0 Å². The highest BCUT2D eigenvalue weighted by Gasteiger charge is 2.21. The van der Waals surface area contributed by atoms with Crippen LogP contribution in [-0.2, 0) is 9.53 Å². The van der Waals surface area contributed by atoms with Crippen molar-refractivity contribution in [3.63, 3.8) is 0 Å². The normalized spacial score (nSPS) is 11.4. The molecule has 0 unspecified atom stereocenters. The quantitative estimate of drug-likeness (QED) is 0.442. The molecule has 0 fully saturated rings. The Morgan fingerprint density at radius 3 is 2.26 bits per heavy atom. The number of thiocarbonyl (C=S) groups is 1. The third-order valence-corrected chi connectivity index (χ3v) is 4.11. The molecule has 112 valence electrons. The molecule has 0 aliphatic carbocycles. The average Bonchev–Trinajstić information content (AvgIpc) is 2.33. The summed E-state index contributed by atoms with van der Waals surface area (Å²) in [6.45, 7) is 8.68. The molecule has 0 saturated heterocycles. The van der Waals surface area contributed by atoms with E-state index in [2.05, 4.69) is 6.92 Å². The fraction of sp³-hybridized carbons (Fsp3) is 0.867. The highest BCUT2D eigenvalue weighted by atomic mass is 32.2. The summed E-state index contributed by atoms with van der Waals surface area (Å²) in [6, 6.07) is 0. The molecule has 0 atom stereocenters. The van der Waals surface area contributed by atoms with Gasteiger partial charge in [-0.05, 0) is 18.6 Å². The number of ketones is 1. The summed E-state index contributed by atoms with van der Waals surface area (Å²) in [7, 11) is 0. The fourth-order valence-electron chi connectivity index (χ4n) is 1.42. The van der Waals surface area contributed by atoms with Crippen LogP contribution in [-0.4, -0.2) is 22.5 Å². The van der Waals surface area contributed by atoms with Gasteiger partial charge in [0.1, 0.15) is 5.78 Å². The number of unbranched alkanes of at least 4 members (excludes halogenated alkanes) is 5. The number of carbonyl (C=O) groups excluding carboxylic acids is 1. The van der Waals surface area contributed by atoms with Crippen molar-refractivity contribution in [1.82, 2.24) is 0 Å². The smallest absolute Gasteiger partial charge is 0.220 e. The number of carbonyl (C=O) groups is 1. The maximum atomic E-state index is 11.7. The Morgan fingerprint density at radius 1 is 1.11 bits per heavy atom. The van der Waals surface area contributed by atoms with Crippen molar-refractivity contribution >= 4 is 34.1 Å². The van der Waals surface area contributed by atoms with Crippen molar-refractivity contribution in [2.45, 2.75) is 66.2 Å². The lowest BCUT2D eigenvalue weighted by Gasteiger charge is -2.16. The first-order valence-corrected chi connectivity index (χ1v) is 8.60. The molecule has 0 rings (SSSR count). The molecule has 0 radical (unpaired) electrons. The lowest BCUT2D eigenvalue weighted by molar-refractivity contribution is -0.123. The summed E-state index contributed by atoms with van der Waals surface area (Å²) in [5.41, 5.74) is -0.290. The molecule has 2 nitrogen and oxygen atoms in total. The summed E-state index contributed by atoms with van der Waals surface area (Å²) in [6.07, 6.45) is 7.45. The molecule has 0 amide bonds. The molecule has 0 aliphatic rings. The summed E-state index contributed by atoms with van der Waals surface area (Å²) in [5.74, 6) is 0.627. The fourth-order valence-corrected chi connectivity index (χ4v) is 2.53. The average molecular weight is 305 g/mol. The molecule has 0 spiro atoms. The Balaban J connectivity index is 3.48. The SMILES string of the molecule is CCCCCCCCOC(=S)SCC(=O)C(C)(C)C. The van der Waals surface area contributed by atoms with Crippen LogP contribution >= 0.6 is 24.0 Å². The lowest BCUT2D eigenvalue weighted by Crippen LogP contribution is -2.22. The van der Waals surface area contributed by atoms with Crippen LogP contribution in [0.3, 0.4) is 0 Å². The van der Waals surface area contributed by atoms with Gasteiger partial charge in [-0.25, -0.2) is 0 Å². The minimum Gasteiger partial charge on any atom is -0.479 e. The number of Topliss-reactive ketones (excluding diaryl/α,β-unsaturated/α-hetero) is 1. The van der Waals surface area contributed by atoms with Crippen molar-refractivity contribution in [2.24, 2.45) is 5.41 Å². The number of rotatable bonds is 9. The molecule has 0 saturated carbocycles. The molecule has 0 N–H and O–H groups in total. The topological polar surface area (TPSA) is 26.3 Å². The van der Waals surface area contributed by atoms with Crippen LogP contribution in [0.2, 0.25) is 0 Å². The van der Waals surface area contributed by atoms with Crippen LogP contribution < -0.4 is 0 Å². The van der Waals surface area contributed by atoms with Crippen LogP contribution in [0.5, 0.6) is 0 Å². The van der Waals surface area contributed by atoms with E-state index in [-0.39, 0.29) is 11.2 Å². The molecule has 0 aliphatic heterocycles. The minimum absolute atomic E-state index is 0.211. The van der Waals surface area contributed by atoms with Crippen molar-refractivity contribution in [3.05, 3.63) is 0 Å². The van der Waals surface area contributed by atoms with Crippen LogP contribution in [0.15, 0.2) is 0 Å². The molecular weight excluding hydrogens is 276 g/mol. The molecule has 0 aromatic heterocycles. The largest absolute Gasteiger partial charge is 0.479 e. The van der Waals surface area contributed by atoms with E-state index in [0.29, 0.717) is 16.7 Å². The number of hydrogen-bond donors (Lipinski definition) is 0. The van der Waals surface area contributed by atoms with Crippen molar-refractivity contribution in [3.8, 4) is 0 Å². The monoisotopic (exact) mass is 304 g/mol. The minimum atomic E-state index is -0.290. The molecule has 0 aromatic carbocycles. The van der Waals surface area contributed by atoms with Gasteiger partial charge < -0.3 is 4.74 Å². The zero-order valence-electron chi connectivity index (χ0n) is 12.8. The highest BCUT2D eigenvalue weighted by molar-refractivity contribution is 8.23. The first kappa shape index (κ1) is 18.9. The summed E-state index contributed by atoms with van der Waals surface area (Å²) >= 11 is 6.45. The highest BCUT2D eigenvalue weighted by Crippen LogP contribution is 2.19. The number of hydrogen-bond acceptors (Lipinski definition) is 4. The Morgan fingerprint density at radius 2 is 1.68 bits per heavy atom. The number of ether oxygens (including phenoxy) is 1. The van der Waals surface area contributed by atoms with E-state index in [1.807, 2.05) is 20.8 Å². The molecule has 0 bridgehead atoms. The lowest BCUT2D eigenvalue weighted by atomic mass is 9.92. The van der Waals surface area contributed by atoms with Gasteiger partial charge in [0, 0.05) is 5.41 Å². The maximum Gasteiger partial charge on any atom is 0.220 e. The van der Waals surface area contributed by atoms with Gasteiger partial charge in [-0.1, -0.05) is 71.6 Å². The maximum absolute atomic E-state index is 11.7. The molecular formula is C15H28O2S2. The van der Waals surface area contributed by atoms with Crippen LogP contribution in [0.1, 0.15) is 66.2 Å². The zero-order valence-corrected chi connectivity index (χ0v) is 14.4. The summed E-state index contributed by atoms with van der Waals surface area (Å²) in [4.78, 5) is 11.7. The van der Waals surface area contributed by atoms with Gasteiger partial charge in [0.25, 0.3) is 0 Å². The van der Waals surface area contributed by atoms with Gasteiger partial charge in [0.2, 0.25) is 4.38 Å². The van der Waals surface area contributed by atoms with Crippen molar-refractivity contribution in [2.75, 3.05) is 12.4 Å². The van der Waals surface area contributed by atoms with E-state index in [1.165, 1.54) is 43.9 Å². The first-order valence-electron chi connectivity index (χ1n) is 7.20. The second kappa shape index (κ2) is 10.7. The van der Waals surface area contributed by atoms with Crippen molar-refractivity contribution in [1.29, 1.82) is 0 Å². The molecule has 4 heteroatoms. The van der Waals surface area contributed by atoms with Gasteiger partial charge in [-0.15, -0.1) is 0 Å². The summed E-state index contributed by atoms with van der Waals surface area (Å²) in [5, 5.41) is 0. The van der Waals surface area contributed by atoms with Crippen molar-refractivity contribution < 1.29 is 9.53 Å². The Bertz CT molecular complexity index is 270. The van der Waals surface area contributed by atoms with Gasteiger partial charge in [0.15, 0.2) is 0 Å². The van der Waals surface area contributed by atoms with Crippen LogP contribution in [0, 0.1) is 5.41 Å².